The Kier molecular flexibility index (Phi) is 4.33. The first-order valence-electron chi connectivity index (χ1n) is 6.12. The number of carbonyl (C=O) groups excluding carboxylic acids is 2. The summed E-state index contributed by atoms with van der Waals surface area (Å²) in [6.07, 6.45) is 0. The van der Waals surface area contributed by atoms with Crippen LogP contribution in [0.15, 0.2) is 18.2 Å². The molecule has 1 heterocycles. The molecule has 21 heavy (non-hydrogen) atoms. The van der Waals surface area contributed by atoms with E-state index in [-0.39, 0.29) is 37.7 Å². The van der Waals surface area contributed by atoms with Crippen LogP contribution in [0.4, 0.5) is 11.4 Å². The maximum Gasteiger partial charge on any atom is 0.271 e. The second-order valence-corrected chi connectivity index (χ2v) is 4.25. The number of amides is 2. The predicted octanol–water partition coefficient (Wildman–Crippen LogP) is -0.571. The first-order valence-corrected chi connectivity index (χ1v) is 6.12. The molecule has 0 aliphatic carbocycles. The van der Waals surface area contributed by atoms with Crippen LogP contribution < -0.4 is 15.0 Å². The zero-order valence-corrected chi connectivity index (χ0v) is 10.9. The van der Waals surface area contributed by atoms with E-state index in [1.165, 1.54) is 18.2 Å². The van der Waals surface area contributed by atoms with E-state index in [1.807, 2.05) is 0 Å². The van der Waals surface area contributed by atoms with Crippen LogP contribution in [0, 0.1) is 10.1 Å². The van der Waals surface area contributed by atoms with Crippen LogP contribution >= 0.6 is 0 Å². The molecule has 1 aliphatic rings. The van der Waals surface area contributed by atoms with Crippen molar-refractivity contribution in [1.29, 1.82) is 0 Å². The van der Waals surface area contributed by atoms with Crippen molar-refractivity contribution in [3.8, 4) is 5.75 Å². The van der Waals surface area contributed by atoms with Gasteiger partial charge < -0.3 is 15.2 Å². The molecule has 0 radical (unpaired) electrons. The predicted molar refractivity (Wildman–Crippen MR) is 71.0 cm³/mol. The number of rotatable bonds is 5. The van der Waals surface area contributed by atoms with Crippen LogP contribution in [0.1, 0.15) is 0 Å². The molecule has 1 aromatic carbocycles. The van der Waals surface area contributed by atoms with E-state index in [2.05, 4.69) is 5.32 Å². The van der Waals surface area contributed by atoms with Gasteiger partial charge in [0.15, 0.2) is 6.61 Å². The van der Waals surface area contributed by atoms with Gasteiger partial charge in [-0.25, -0.2) is 0 Å². The highest BCUT2D eigenvalue weighted by molar-refractivity contribution is 6.02. The van der Waals surface area contributed by atoms with Gasteiger partial charge in [-0.15, -0.1) is 0 Å². The van der Waals surface area contributed by atoms with Gasteiger partial charge in [-0.2, -0.15) is 0 Å². The molecule has 0 saturated heterocycles. The zero-order chi connectivity index (χ0) is 15.4. The van der Waals surface area contributed by atoms with Gasteiger partial charge in [0.05, 0.1) is 17.2 Å². The van der Waals surface area contributed by atoms with Crippen molar-refractivity contribution in [1.82, 2.24) is 5.32 Å². The lowest BCUT2D eigenvalue weighted by Gasteiger charge is -2.28. The van der Waals surface area contributed by atoms with Crippen molar-refractivity contribution in [2.45, 2.75) is 0 Å². The molecule has 0 fully saturated rings. The number of non-ortho nitro benzene ring substituents is 1. The van der Waals surface area contributed by atoms with Gasteiger partial charge in [-0.1, -0.05) is 0 Å². The minimum absolute atomic E-state index is 0.0686. The third-order valence-electron chi connectivity index (χ3n) is 2.83. The third kappa shape index (κ3) is 3.26. The smallest absolute Gasteiger partial charge is 0.271 e. The first kappa shape index (κ1) is 14.7. The van der Waals surface area contributed by atoms with Crippen LogP contribution in [0.2, 0.25) is 0 Å². The highest BCUT2D eigenvalue weighted by atomic mass is 16.6. The summed E-state index contributed by atoms with van der Waals surface area (Å²) in [5.41, 5.74) is -0.0209. The molecule has 2 amide bonds. The molecule has 2 rings (SSSR count). The van der Waals surface area contributed by atoms with E-state index in [0.717, 1.165) is 4.90 Å². The van der Waals surface area contributed by atoms with Gasteiger partial charge in [0, 0.05) is 18.7 Å². The Labute approximate surface area is 119 Å². The van der Waals surface area contributed by atoms with Crippen molar-refractivity contribution in [2.24, 2.45) is 0 Å². The molecular weight excluding hydrogens is 282 g/mol. The number of aliphatic hydroxyl groups excluding tert-OH is 1. The number of benzene rings is 1. The molecule has 2 N–H and O–H groups in total. The van der Waals surface area contributed by atoms with E-state index < -0.39 is 16.7 Å². The number of nitrogens with one attached hydrogen (secondary N) is 1. The summed E-state index contributed by atoms with van der Waals surface area (Å²) in [6.45, 7) is -0.682. The van der Waals surface area contributed by atoms with Crippen molar-refractivity contribution >= 4 is 23.2 Å². The normalized spacial score (nSPS) is 13.4. The number of nitro benzene ring substituents is 1. The topological polar surface area (TPSA) is 122 Å². The van der Waals surface area contributed by atoms with Gasteiger partial charge in [0.25, 0.3) is 11.6 Å². The summed E-state index contributed by atoms with van der Waals surface area (Å²) in [5, 5.41) is 21.8. The zero-order valence-electron chi connectivity index (χ0n) is 10.9. The number of anilines is 1. The maximum absolute atomic E-state index is 11.8. The Balaban J connectivity index is 2.26. The van der Waals surface area contributed by atoms with Gasteiger partial charge in [-0.05, 0) is 6.07 Å². The fourth-order valence-electron chi connectivity index (χ4n) is 1.87. The number of fused-ring (bicyclic) bond motifs is 1. The molecule has 0 atom stereocenters. The van der Waals surface area contributed by atoms with Crippen molar-refractivity contribution in [2.75, 3.05) is 31.2 Å². The molecular formula is C12H13N3O6. The fourth-order valence-corrected chi connectivity index (χ4v) is 1.87. The molecule has 1 aliphatic heterocycles. The van der Waals surface area contributed by atoms with E-state index >= 15 is 0 Å². The Morgan fingerprint density at radius 2 is 2.29 bits per heavy atom. The first-order chi connectivity index (χ1) is 10.0. The van der Waals surface area contributed by atoms with Crippen LogP contribution in [0.25, 0.3) is 0 Å². The highest BCUT2D eigenvalue weighted by Crippen LogP contribution is 2.34. The van der Waals surface area contributed by atoms with Gasteiger partial charge >= 0.3 is 0 Å². The van der Waals surface area contributed by atoms with Crippen LogP contribution in [0.3, 0.4) is 0 Å². The summed E-state index contributed by atoms with van der Waals surface area (Å²) < 4.78 is 5.18. The second kappa shape index (κ2) is 6.18. The van der Waals surface area contributed by atoms with Gasteiger partial charge in [0.1, 0.15) is 12.3 Å². The molecule has 0 spiro atoms. The van der Waals surface area contributed by atoms with E-state index in [9.17, 15) is 19.7 Å². The Bertz CT molecular complexity index is 588. The van der Waals surface area contributed by atoms with Crippen molar-refractivity contribution in [3.05, 3.63) is 28.3 Å². The Hall–Kier alpha value is -2.68. The van der Waals surface area contributed by atoms with Crippen LogP contribution in [-0.4, -0.2) is 48.1 Å². The summed E-state index contributed by atoms with van der Waals surface area (Å²) in [5.74, 6) is -0.644. The lowest BCUT2D eigenvalue weighted by Crippen LogP contribution is -2.45. The molecule has 9 nitrogen and oxygen atoms in total. The average Bonchev–Trinajstić information content (AvgIpc) is 2.47. The maximum atomic E-state index is 11.8. The van der Waals surface area contributed by atoms with E-state index in [1.54, 1.807) is 0 Å². The summed E-state index contributed by atoms with van der Waals surface area (Å²) in [4.78, 5) is 34.8. The van der Waals surface area contributed by atoms with Crippen LogP contribution in [0.5, 0.6) is 5.75 Å². The Morgan fingerprint density at radius 1 is 1.52 bits per heavy atom. The minimum Gasteiger partial charge on any atom is -0.482 e. The molecule has 9 heteroatoms. The highest BCUT2D eigenvalue weighted by Gasteiger charge is 2.29. The van der Waals surface area contributed by atoms with E-state index in [4.69, 9.17) is 9.84 Å². The molecule has 1 aromatic rings. The summed E-state index contributed by atoms with van der Waals surface area (Å²) in [6, 6.07) is 3.84. The van der Waals surface area contributed by atoms with E-state index in [0.29, 0.717) is 5.75 Å². The number of ether oxygens (including phenoxy) is 1. The average molecular weight is 295 g/mol. The quantitative estimate of drug-likeness (QED) is 0.554. The summed E-state index contributed by atoms with van der Waals surface area (Å²) in [7, 11) is 0. The number of nitrogens with zero attached hydrogens (tertiary/aromatic N) is 2. The number of aliphatic hydroxyl groups is 1. The third-order valence-corrected chi connectivity index (χ3v) is 2.83. The minimum atomic E-state index is -0.594. The molecule has 0 unspecified atom stereocenters. The fraction of sp³-hybridized carbons (Fsp3) is 0.333. The number of hydrogen-bond donors (Lipinski definition) is 2. The van der Waals surface area contributed by atoms with Crippen molar-refractivity contribution < 1.29 is 24.4 Å². The van der Waals surface area contributed by atoms with Gasteiger partial charge in [-0.3, -0.25) is 24.6 Å². The number of hydrogen-bond acceptors (Lipinski definition) is 6. The number of carbonyl (C=O) groups is 2. The largest absolute Gasteiger partial charge is 0.482 e. The standard InChI is InChI=1S/C12H13N3O6/c16-4-3-13-11(17)6-14-9-5-8(15(19)20)1-2-10(9)21-7-12(14)18/h1-2,5,16H,3-4,6-7H2,(H,13,17). The lowest BCUT2D eigenvalue weighted by molar-refractivity contribution is -0.384. The number of nitro groups is 1. The molecule has 0 saturated carbocycles. The summed E-state index contributed by atoms with van der Waals surface area (Å²) >= 11 is 0. The monoisotopic (exact) mass is 295 g/mol. The Morgan fingerprint density at radius 3 is 2.95 bits per heavy atom. The molecule has 0 aromatic heterocycles. The molecule has 0 bridgehead atoms. The SMILES string of the molecule is O=C(CN1C(=O)COc2ccc([N+](=O)[O-])cc21)NCCO. The van der Waals surface area contributed by atoms with Crippen molar-refractivity contribution in [3.63, 3.8) is 0 Å². The van der Waals surface area contributed by atoms with Gasteiger partial charge in [0.2, 0.25) is 5.91 Å². The second-order valence-electron chi connectivity index (χ2n) is 4.25. The van der Waals surface area contributed by atoms with Crippen LogP contribution in [-0.2, 0) is 9.59 Å². The lowest BCUT2D eigenvalue weighted by atomic mass is 10.2. The molecule has 112 valence electrons.